The number of carboxylic acids is 3. The molecule has 1 aliphatic carbocycles. The van der Waals surface area contributed by atoms with E-state index in [1.165, 1.54) is 0 Å². The van der Waals surface area contributed by atoms with E-state index < -0.39 is 34.9 Å². The van der Waals surface area contributed by atoms with Crippen molar-refractivity contribution in [2.75, 3.05) is 18.0 Å². The fourth-order valence-electron chi connectivity index (χ4n) is 3.56. The first-order valence-corrected chi connectivity index (χ1v) is 8.65. The highest BCUT2D eigenvalue weighted by molar-refractivity contribution is 5.95. The number of hydrogen-bond acceptors (Lipinski definition) is 6. The van der Waals surface area contributed by atoms with Gasteiger partial charge in [0.1, 0.15) is 22.5 Å². The van der Waals surface area contributed by atoms with Gasteiger partial charge in [0.05, 0.1) is 0 Å². The van der Waals surface area contributed by atoms with Gasteiger partial charge in [-0.1, -0.05) is 6.92 Å². The van der Waals surface area contributed by atoms with Gasteiger partial charge in [-0.3, -0.25) is 9.59 Å². The number of nitrogens with zero attached hydrogens (tertiary/aromatic N) is 3. The number of aryl methyl sites for hydroxylation is 2. The van der Waals surface area contributed by atoms with Crippen LogP contribution in [0.5, 0.6) is 0 Å². The van der Waals surface area contributed by atoms with E-state index in [4.69, 9.17) is 9.90 Å². The lowest BCUT2D eigenvalue weighted by atomic mass is 9.97. The van der Waals surface area contributed by atoms with Crippen LogP contribution in [0.2, 0.25) is 0 Å². The molecule has 2 fully saturated rings. The van der Waals surface area contributed by atoms with Crippen LogP contribution in [0.15, 0.2) is 6.07 Å². The monoisotopic (exact) mass is 419 g/mol. The van der Waals surface area contributed by atoms with Crippen LogP contribution in [0.1, 0.15) is 31.3 Å². The highest BCUT2D eigenvalue weighted by Gasteiger charge is 2.81. The van der Waals surface area contributed by atoms with E-state index in [1.807, 2.05) is 13.8 Å². The standard InChI is InChI=1S/C15H19N3O4.C2HF3O2/c1-3-4-10-16-9(2)5-11(17-10)18-7-14(12(19)20)6-15(14,8-18)13(21)22;3-2(4,5)1(6)7/h5H,3-4,6-8H2,1-2H3,(H,19,20)(H,21,22);(H,6,7)/t14-,15+;. The van der Waals surface area contributed by atoms with Gasteiger partial charge in [0.2, 0.25) is 0 Å². The van der Waals surface area contributed by atoms with Crippen LogP contribution in [0.3, 0.4) is 0 Å². The highest BCUT2D eigenvalue weighted by atomic mass is 19.4. The molecule has 12 heteroatoms. The number of anilines is 1. The number of aliphatic carboxylic acids is 3. The van der Waals surface area contributed by atoms with Gasteiger partial charge >= 0.3 is 24.1 Å². The first-order valence-electron chi connectivity index (χ1n) is 8.65. The number of piperidine rings is 1. The average molecular weight is 419 g/mol. The molecule has 3 N–H and O–H groups in total. The summed E-state index contributed by atoms with van der Waals surface area (Å²) < 4.78 is 31.7. The summed E-state index contributed by atoms with van der Waals surface area (Å²) in [5, 5.41) is 26.1. The van der Waals surface area contributed by atoms with E-state index in [2.05, 4.69) is 9.97 Å². The molecule has 160 valence electrons. The summed E-state index contributed by atoms with van der Waals surface area (Å²) in [6.45, 7) is 4.28. The third-order valence-corrected chi connectivity index (χ3v) is 5.06. The number of fused-ring (bicyclic) bond motifs is 1. The normalized spacial score (nSPS) is 24.9. The Morgan fingerprint density at radius 2 is 1.59 bits per heavy atom. The van der Waals surface area contributed by atoms with E-state index in [0.29, 0.717) is 11.6 Å². The molecule has 1 aromatic rings. The molecule has 0 aromatic carbocycles. The summed E-state index contributed by atoms with van der Waals surface area (Å²) in [5.74, 6) is -3.47. The molecule has 1 saturated carbocycles. The molecule has 1 aromatic heterocycles. The van der Waals surface area contributed by atoms with Gasteiger partial charge in [0.25, 0.3) is 0 Å². The van der Waals surface area contributed by atoms with Gasteiger partial charge in [0, 0.05) is 31.3 Å². The van der Waals surface area contributed by atoms with Crippen molar-refractivity contribution in [2.45, 2.75) is 39.3 Å². The SMILES string of the molecule is CCCc1nc(C)cc(N2C[C@@]3(C(=O)O)C[C@@]3(C(=O)O)C2)n1.O=C(O)C(F)(F)F. The smallest absolute Gasteiger partial charge is 0.481 e. The molecule has 0 radical (unpaired) electrons. The quantitative estimate of drug-likeness (QED) is 0.651. The molecule has 1 saturated heterocycles. The van der Waals surface area contributed by atoms with Crippen LogP contribution >= 0.6 is 0 Å². The Labute approximate surface area is 163 Å². The van der Waals surface area contributed by atoms with Crippen LogP contribution in [0, 0.1) is 17.8 Å². The molecule has 3 rings (SSSR count). The number of halogens is 3. The number of hydrogen-bond donors (Lipinski definition) is 3. The van der Waals surface area contributed by atoms with Crippen molar-refractivity contribution in [1.82, 2.24) is 9.97 Å². The summed E-state index contributed by atoms with van der Waals surface area (Å²) in [6, 6.07) is 1.79. The zero-order valence-corrected chi connectivity index (χ0v) is 15.7. The Bertz CT molecular complexity index is 818. The maximum absolute atomic E-state index is 11.6. The molecule has 1 aliphatic heterocycles. The Balaban J connectivity index is 0.000000370. The largest absolute Gasteiger partial charge is 0.490 e. The van der Waals surface area contributed by atoms with Crippen molar-refractivity contribution in [1.29, 1.82) is 0 Å². The average Bonchev–Trinajstić information content (AvgIpc) is 3.13. The Hall–Kier alpha value is -2.92. The maximum atomic E-state index is 11.6. The van der Waals surface area contributed by atoms with E-state index in [9.17, 15) is 33.0 Å². The Morgan fingerprint density at radius 3 is 1.97 bits per heavy atom. The first-order chi connectivity index (χ1) is 13.3. The number of carboxylic acid groups (broad SMARTS) is 3. The number of aromatic nitrogens is 2. The van der Waals surface area contributed by atoms with Crippen LogP contribution in [-0.4, -0.2) is 62.5 Å². The van der Waals surface area contributed by atoms with Gasteiger partial charge in [-0.05, 0) is 19.8 Å². The lowest BCUT2D eigenvalue weighted by Crippen LogP contribution is -2.29. The summed E-state index contributed by atoms with van der Waals surface area (Å²) in [7, 11) is 0. The molecule has 2 aliphatic rings. The Kier molecular flexibility index (Phi) is 5.77. The second-order valence-corrected chi connectivity index (χ2v) is 7.14. The van der Waals surface area contributed by atoms with E-state index in [1.54, 1.807) is 11.0 Å². The molecule has 0 amide bonds. The molecule has 9 nitrogen and oxygen atoms in total. The molecule has 2 heterocycles. The van der Waals surface area contributed by atoms with Gasteiger partial charge in [-0.2, -0.15) is 13.2 Å². The highest BCUT2D eigenvalue weighted by Crippen LogP contribution is 2.68. The minimum atomic E-state index is -5.08. The predicted octanol–water partition coefficient (Wildman–Crippen LogP) is 1.74. The van der Waals surface area contributed by atoms with Crippen molar-refractivity contribution in [2.24, 2.45) is 10.8 Å². The third-order valence-electron chi connectivity index (χ3n) is 5.06. The predicted molar refractivity (Wildman–Crippen MR) is 91.4 cm³/mol. The fraction of sp³-hybridized carbons (Fsp3) is 0.588. The van der Waals surface area contributed by atoms with Crippen molar-refractivity contribution >= 4 is 23.7 Å². The summed E-state index contributed by atoms with van der Waals surface area (Å²) >= 11 is 0. The zero-order chi connectivity index (χ0) is 22.2. The van der Waals surface area contributed by atoms with Crippen LogP contribution in [0.4, 0.5) is 19.0 Å². The summed E-state index contributed by atoms with van der Waals surface area (Å²) in [5.41, 5.74) is -1.55. The minimum Gasteiger partial charge on any atom is -0.481 e. The second-order valence-electron chi connectivity index (χ2n) is 7.14. The van der Waals surface area contributed by atoms with Crippen molar-refractivity contribution in [3.05, 3.63) is 17.6 Å². The second kappa shape index (κ2) is 7.48. The molecule has 29 heavy (non-hydrogen) atoms. The van der Waals surface area contributed by atoms with Crippen LogP contribution in [-0.2, 0) is 20.8 Å². The molecule has 2 atom stereocenters. The first kappa shape index (κ1) is 22.4. The molecule has 0 unspecified atom stereocenters. The lowest BCUT2D eigenvalue weighted by Gasteiger charge is -2.21. The summed E-state index contributed by atoms with van der Waals surface area (Å²) in [6.07, 6.45) is -3.22. The summed E-state index contributed by atoms with van der Waals surface area (Å²) in [4.78, 5) is 42.6. The van der Waals surface area contributed by atoms with Gasteiger partial charge < -0.3 is 20.2 Å². The number of alkyl halides is 3. The molecular weight excluding hydrogens is 399 g/mol. The van der Waals surface area contributed by atoms with Crippen LogP contribution < -0.4 is 4.90 Å². The van der Waals surface area contributed by atoms with Gasteiger partial charge in [-0.15, -0.1) is 0 Å². The van der Waals surface area contributed by atoms with E-state index in [-0.39, 0.29) is 19.5 Å². The lowest BCUT2D eigenvalue weighted by molar-refractivity contribution is -0.192. The third kappa shape index (κ3) is 4.10. The van der Waals surface area contributed by atoms with Crippen molar-refractivity contribution in [3.63, 3.8) is 0 Å². The topological polar surface area (TPSA) is 141 Å². The fourth-order valence-corrected chi connectivity index (χ4v) is 3.56. The van der Waals surface area contributed by atoms with E-state index in [0.717, 1.165) is 18.5 Å². The number of carbonyl (C=O) groups is 3. The number of rotatable bonds is 5. The van der Waals surface area contributed by atoms with Crippen molar-refractivity contribution < 1.29 is 42.9 Å². The molecule has 0 bridgehead atoms. The Morgan fingerprint density at radius 1 is 1.10 bits per heavy atom. The van der Waals surface area contributed by atoms with Gasteiger partial charge in [0.15, 0.2) is 0 Å². The van der Waals surface area contributed by atoms with Gasteiger partial charge in [-0.25, -0.2) is 14.8 Å². The maximum Gasteiger partial charge on any atom is 0.490 e. The zero-order valence-electron chi connectivity index (χ0n) is 15.7. The van der Waals surface area contributed by atoms with E-state index >= 15 is 0 Å². The van der Waals surface area contributed by atoms with Crippen LogP contribution in [0.25, 0.3) is 0 Å². The molecule has 0 spiro atoms. The van der Waals surface area contributed by atoms with Crippen molar-refractivity contribution in [3.8, 4) is 0 Å². The minimum absolute atomic E-state index is 0.191. The molecular formula is C17H20F3N3O6.